The fourth-order valence-corrected chi connectivity index (χ4v) is 3.61. The zero-order valence-electron chi connectivity index (χ0n) is 17.6. The lowest BCUT2D eigenvalue weighted by molar-refractivity contribution is -0.274. The predicted octanol–water partition coefficient (Wildman–Crippen LogP) is 4.47. The summed E-state index contributed by atoms with van der Waals surface area (Å²) >= 11 is 0. The number of piperidine rings is 1. The smallest absolute Gasteiger partial charge is 0.497 e. The van der Waals surface area contributed by atoms with Gasteiger partial charge in [-0.1, -0.05) is 12.1 Å². The number of hydroxylamine groups is 3. The van der Waals surface area contributed by atoms with E-state index in [9.17, 15) is 18.0 Å². The number of alkyl halides is 3. The Hall–Kier alpha value is -3.44. The summed E-state index contributed by atoms with van der Waals surface area (Å²) in [6.07, 6.45) is -2.31. The van der Waals surface area contributed by atoms with Crippen LogP contribution in [0.1, 0.15) is 18.4 Å². The molecule has 1 spiro atoms. The van der Waals surface area contributed by atoms with Gasteiger partial charge in [-0.25, -0.2) is 4.79 Å². The van der Waals surface area contributed by atoms with Gasteiger partial charge in [-0.15, -0.1) is 18.2 Å². The fourth-order valence-electron chi connectivity index (χ4n) is 3.61. The third kappa shape index (κ3) is 5.88. The highest BCUT2D eigenvalue weighted by molar-refractivity contribution is 5.84. The van der Waals surface area contributed by atoms with Gasteiger partial charge in [0.2, 0.25) is 0 Å². The summed E-state index contributed by atoms with van der Waals surface area (Å²) in [7, 11) is 1.61. The molecule has 0 atom stereocenters. The second-order valence-corrected chi connectivity index (χ2v) is 7.56. The highest BCUT2D eigenvalue weighted by atomic mass is 19.4. The number of anilines is 1. The Morgan fingerprint density at radius 3 is 2.52 bits per heavy atom. The number of ether oxygens (including phenoxy) is 2. The zero-order chi connectivity index (χ0) is 23.5. The molecule has 4 rings (SSSR count). The van der Waals surface area contributed by atoms with Crippen molar-refractivity contribution in [2.75, 3.05) is 25.5 Å². The minimum absolute atomic E-state index is 0.275. The predicted molar refractivity (Wildman–Crippen MR) is 112 cm³/mol. The van der Waals surface area contributed by atoms with E-state index in [4.69, 9.17) is 14.4 Å². The lowest BCUT2D eigenvalue weighted by atomic mass is 9.91. The molecule has 0 radical (unpaired) electrons. The lowest BCUT2D eigenvalue weighted by Crippen LogP contribution is -2.45. The second kappa shape index (κ2) is 9.20. The van der Waals surface area contributed by atoms with E-state index >= 15 is 0 Å². The number of methoxy groups -OCH3 is 1. The second-order valence-electron chi connectivity index (χ2n) is 7.56. The molecule has 2 aromatic carbocycles. The van der Waals surface area contributed by atoms with Crippen LogP contribution >= 0.6 is 0 Å². The maximum atomic E-state index is 12.2. The third-order valence-electron chi connectivity index (χ3n) is 5.27. The minimum Gasteiger partial charge on any atom is -0.497 e. The molecular weight excluding hydrogens is 443 g/mol. The molecule has 176 valence electrons. The van der Waals surface area contributed by atoms with Crippen LogP contribution in [0.3, 0.4) is 0 Å². The summed E-state index contributed by atoms with van der Waals surface area (Å²) < 4.78 is 45.7. The van der Waals surface area contributed by atoms with Crippen LogP contribution in [0.4, 0.5) is 23.7 Å². The maximum Gasteiger partial charge on any atom is 0.573 e. The Balaban J connectivity index is 1.28. The maximum absolute atomic E-state index is 12.2. The molecule has 33 heavy (non-hydrogen) atoms. The Bertz CT molecular complexity index is 1020. The topological polar surface area (TPSA) is 81.3 Å². The number of amides is 1. The first-order valence-corrected chi connectivity index (χ1v) is 10.1. The van der Waals surface area contributed by atoms with Crippen LogP contribution in [0.15, 0.2) is 54.6 Å². The molecule has 2 heterocycles. The molecule has 0 unspecified atom stereocenters. The van der Waals surface area contributed by atoms with Crippen molar-refractivity contribution in [3.05, 3.63) is 60.2 Å². The van der Waals surface area contributed by atoms with E-state index in [1.807, 2.05) is 30.3 Å². The van der Waals surface area contributed by atoms with E-state index in [1.165, 1.54) is 17.2 Å². The van der Waals surface area contributed by atoms with Crippen molar-refractivity contribution >= 4 is 17.5 Å². The lowest BCUT2D eigenvalue weighted by Gasteiger charge is -2.35. The van der Waals surface area contributed by atoms with Gasteiger partial charge in [0.05, 0.1) is 12.8 Å². The number of nitrogens with zero attached hydrogens (tertiary/aromatic N) is 1. The number of halogens is 3. The molecule has 2 aliphatic rings. The van der Waals surface area contributed by atoms with Gasteiger partial charge in [0.15, 0.2) is 0 Å². The summed E-state index contributed by atoms with van der Waals surface area (Å²) in [4.78, 5) is 23.3. The molecule has 0 saturated carbocycles. The van der Waals surface area contributed by atoms with Crippen LogP contribution < -0.4 is 20.3 Å². The standard InChI is InChI=1S/C22H22F3N3O5/c1-30-18-4-2-3-15(13-18)19-14-21(33-27-19)9-11-28(12-10-21)32-20(29)26-16-5-7-17(8-6-16)31-22(23,24)25/h2-8,13-14,27H,9-12H2,1H3,(H,26,29). The number of carbonyl (C=O) groups excluding carboxylic acids is 1. The first kappa shape index (κ1) is 22.7. The molecule has 0 aromatic heterocycles. The van der Waals surface area contributed by atoms with Crippen molar-refractivity contribution in [3.8, 4) is 11.5 Å². The molecule has 2 aliphatic heterocycles. The Kier molecular flexibility index (Phi) is 6.34. The number of rotatable bonds is 5. The molecular formula is C22H22F3N3O5. The number of hydrogen-bond acceptors (Lipinski definition) is 7. The monoisotopic (exact) mass is 465 g/mol. The van der Waals surface area contributed by atoms with E-state index in [0.29, 0.717) is 25.9 Å². The van der Waals surface area contributed by atoms with E-state index in [0.717, 1.165) is 29.1 Å². The Labute approximate surface area is 187 Å². The molecule has 11 heteroatoms. The Morgan fingerprint density at radius 2 is 1.85 bits per heavy atom. The van der Waals surface area contributed by atoms with Crippen LogP contribution in [0.25, 0.3) is 5.70 Å². The molecule has 2 aromatic rings. The summed E-state index contributed by atoms with van der Waals surface area (Å²) in [5, 5.41) is 3.99. The van der Waals surface area contributed by atoms with Crippen molar-refractivity contribution in [3.63, 3.8) is 0 Å². The molecule has 0 bridgehead atoms. The van der Waals surface area contributed by atoms with Crippen LogP contribution in [0.2, 0.25) is 0 Å². The normalized spacial score (nSPS) is 17.8. The van der Waals surface area contributed by atoms with Gasteiger partial charge < -0.3 is 14.3 Å². The average Bonchev–Trinajstić information content (AvgIpc) is 3.20. The highest BCUT2D eigenvalue weighted by Crippen LogP contribution is 2.35. The van der Waals surface area contributed by atoms with Crippen molar-refractivity contribution in [1.82, 2.24) is 10.5 Å². The SMILES string of the molecule is COc1cccc(C2=CC3(CCN(OC(=O)Nc4ccc(OC(F)(F)F)cc4)CC3)ON2)c1. The van der Waals surface area contributed by atoms with Crippen molar-refractivity contribution in [1.29, 1.82) is 0 Å². The number of nitrogens with one attached hydrogen (secondary N) is 2. The van der Waals surface area contributed by atoms with E-state index in [-0.39, 0.29) is 11.4 Å². The number of hydrogen-bond donors (Lipinski definition) is 2. The van der Waals surface area contributed by atoms with Crippen molar-refractivity contribution < 1.29 is 37.1 Å². The molecule has 1 saturated heterocycles. The first-order chi connectivity index (χ1) is 15.7. The van der Waals surface area contributed by atoms with Crippen molar-refractivity contribution in [2.24, 2.45) is 0 Å². The van der Waals surface area contributed by atoms with Gasteiger partial charge >= 0.3 is 12.5 Å². The van der Waals surface area contributed by atoms with Gasteiger partial charge in [-0.3, -0.25) is 15.6 Å². The van der Waals surface area contributed by atoms with Crippen LogP contribution in [0.5, 0.6) is 11.5 Å². The van der Waals surface area contributed by atoms with Crippen molar-refractivity contribution in [2.45, 2.75) is 24.8 Å². The van der Waals surface area contributed by atoms with Gasteiger partial charge in [0.1, 0.15) is 17.1 Å². The first-order valence-electron chi connectivity index (χ1n) is 10.1. The minimum atomic E-state index is -4.78. The van der Waals surface area contributed by atoms with Gasteiger partial charge in [0.25, 0.3) is 0 Å². The largest absolute Gasteiger partial charge is 0.573 e. The molecule has 0 aliphatic carbocycles. The summed E-state index contributed by atoms with van der Waals surface area (Å²) in [6.45, 7) is 0.880. The van der Waals surface area contributed by atoms with Gasteiger partial charge in [-0.2, -0.15) is 0 Å². The quantitative estimate of drug-likeness (QED) is 0.675. The Morgan fingerprint density at radius 1 is 1.12 bits per heavy atom. The average molecular weight is 465 g/mol. The van der Waals surface area contributed by atoms with E-state index in [2.05, 4.69) is 15.5 Å². The molecule has 1 amide bonds. The summed E-state index contributed by atoms with van der Waals surface area (Å²) in [5.74, 6) is 0.363. The number of carbonyl (C=O) groups is 1. The molecule has 2 N–H and O–H groups in total. The van der Waals surface area contributed by atoms with Gasteiger partial charge in [0, 0.05) is 24.3 Å². The fraction of sp³-hybridized carbons (Fsp3) is 0.318. The zero-order valence-corrected chi connectivity index (χ0v) is 17.6. The van der Waals surface area contributed by atoms with E-state index in [1.54, 1.807) is 7.11 Å². The third-order valence-corrected chi connectivity index (χ3v) is 5.27. The molecule has 8 nitrogen and oxygen atoms in total. The highest BCUT2D eigenvalue weighted by Gasteiger charge is 2.40. The van der Waals surface area contributed by atoms with Crippen LogP contribution in [0, 0.1) is 0 Å². The van der Waals surface area contributed by atoms with Crippen LogP contribution in [-0.4, -0.2) is 43.3 Å². The van der Waals surface area contributed by atoms with Crippen LogP contribution in [-0.2, 0) is 9.68 Å². The summed E-state index contributed by atoms with van der Waals surface area (Å²) in [6, 6.07) is 12.4. The number of benzene rings is 2. The summed E-state index contributed by atoms with van der Waals surface area (Å²) in [5.41, 5.74) is 4.53. The van der Waals surface area contributed by atoms with Gasteiger partial charge in [-0.05, 0) is 55.3 Å². The molecule has 1 fully saturated rings. The van der Waals surface area contributed by atoms with E-state index < -0.39 is 18.1 Å².